The Morgan fingerprint density at radius 1 is 0.923 bits per heavy atom. The zero-order chi connectivity index (χ0) is 18.2. The standard InChI is InChI=1S/C21H24O5/c1-23-26-19-12-18(15-24-13-16-8-4-2-5-9-16)21(20(19)22)25-14-17-10-6-3-7-11-17/h2-11,18-19,21H,12-15H2,1H3/t18-,19+,21-/m1/s1. The number of ether oxygens (including phenoxy) is 2. The van der Waals surface area contributed by atoms with Gasteiger partial charge in [0, 0.05) is 5.92 Å². The smallest absolute Gasteiger partial charge is 0.193 e. The fourth-order valence-electron chi connectivity index (χ4n) is 3.17. The maximum atomic E-state index is 12.6. The van der Waals surface area contributed by atoms with Crippen molar-refractivity contribution in [1.82, 2.24) is 0 Å². The van der Waals surface area contributed by atoms with Crippen LogP contribution in [-0.4, -0.2) is 31.7 Å². The monoisotopic (exact) mass is 356 g/mol. The lowest BCUT2D eigenvalue weighted by molar-refractivity contribution is -0.295. The molecular weight excluding hydrogens is 332 g/mol. The van der Waals surface area contributed by atoms with Gasteiger partial charge in [0.1, 0.15) is 6.10 Å². The van der Waals surface area contributed by atoms with Crippen molar-refractivity contribution in [2.45, 2.75) is 31.8 Å². The molecular formula is C21H24O5. The Morgan fingerprint density at radius 2 is 1.54 bits per heavy atom. The van der Waals surface area contributed by atoms with Crippen molar-refractivity contribution in [2.24, 2.45) is 5.92 Å². The second-order valence-corrected chi connectivity index (χ2v) is 6.37. The summed E-state index contributed by atoms with van der Waals surface area (Å²) in [6.45, 7) is 1.32. The largest absolute Gasteiger partial charge is 0.376 e. The van der Waals surface area contributed by atoms with Crippen LogP contribution < -0.4 is 0 Å². The van der Waals surface area contributed by atoms with Crippen LogP contribution in [0, 0.1) is 5.92 Å². The van der Waals surface area contributed by atoms with Gasteiger partial charge in [-0.3, -0.25) is 4.79 Å². The van der Waals surface area contributed by atoms with Crippen LogP contribution in [-0.2, 0) is 37.3 Å². The normalized spacial score (nSPS) is 22.7. The van der Waals surface area contributed by atoms with Gasteiger partial charge in [-0.15, -0.1) is 0 Å². The third kappa shape index (κ3) is 4.99. The molecule has 0 bridgehead atoms. The van der Waals surface area contributed by atoms with E-state index in [0.29, 0.717) is 26.2 Å². The van der Waals surface area contributed by atoms with Crippen molar-refractivity contribution in [3.05, 3.63) is 71.8 Å². The SMILES string of the molecule is COO[C@H]1C[C@H](COCc2ccccc2)[C@@H](OCc2ccccc2)C1=O. The Bertz CT molecular complexity index is 673. The summed E-state index contributed by atoms with van der Waals surface area (Å²) in [7, 11) is 1.41. The molecule has 0 spiro atoms. The highest BCUT2D eigenvalue weighted by molar-refractivity contribution is 5.90. The Morgan fingerprint density at radius 3 is 2.15 bits per heavy atom. The zero-order valence-electron chi connectivity index (χ0n) is 14.9. The molecule has 0 heterocycles. The van der Waals surface area contributed by atoms with E-state index in [1.807, 2.05) is 60.7 Å². The van der Waals surface area contributed by atoms with E-state index < -0.39 is 12.2 Å². The molecule has 0 saturated heterocycles. The van der Waals surface area contributed by atoms with E-state index in [-0.39, 0.29) is 11.7 Å². The highest BCUT2D eigenvalue weighted by atomic mass is 17.2. The molecule has 0 radical (unpaired) electrons. The molecule has 1 aliphatic carbocycles. The van der Waals surface area contributed by atoms with Crippen molar-refractivity contribution in [2.75, 3.05) is 13.7 Å². The molecule has 26 heavy (non-hydrogen) atoms. The van der Waals surface area contributed by atoms with Crippen LogP contribution in [0.3, 0.4) is 0 Å². The van der Waals surface area contributed by atoms with E-state index in [1.165, 1.54) is 7.11 Å². The number of carbonyl (C=O) groups excluding carboxylic acids is 1. The molecule has 1 saturated carbocycles. The van der Waals surface area contributed by atoms with Crippen LogP contribution in [0.4, 0.5) is 0 Å². The molecule has 0 amide bonds. The summed E-state index contributed by atoms with van der Waals surface area (Å²) in [5, 5.41) is 0. The molecule has 3 atom stereocenters. The van der Waals surface area contributed by atoms with Gasteiger partial charge in [-0.25, -0.2) is 9.78 Å². The molecule has 5 heteroatoms. The predicted octanol–water partition coefficient (Wildman–Crippen LogP) is 3.32. The van der Waals surface area contributed by atoms with Gasteiger partial charge in [0.05, 0.1) is 26.9 Å². The number of hydrogen-bond donors (Lipinski definition) is 0. The van der Waals surface area contributed by atoms with E-state index in [4.69, 9.17) is 19.2 Å². The number of benzene rings is 2. The van der Waals surface area contributed by atoms with E-state index >= 15 is 0 Å². The fraction of sp³-hybridized carbons (Fsp3) is 0.381. The number of carbonyl (C=O) groups is 1. The van der Waals surface area contributed by atoms with Crippen LogP contribution in [0.5, 0.6) is 0 Å². The highest BCUT2D eigenvalue weighted by Crippen LogP contribution is 2.29. The van der Waals surface area contributed by atoms with E-state index in [0.717, 1.165) is 11.1 Å². The van der Waals surface area contributed by atoms with Crippen LogP contribution in [0.2, 0.25) is 0 Å². The van der Waals surface area contributed by atoms with Gasteiger partial charge in [-0.2, -0.15) is 0 Å². The minimum atomic E-state index is -0.605. The second kappa shape index (κ2) is 9.59. The summed E-state index contributed by atoms with van der Waals surface area (Å²) in [4.78, 5) is 22.4. The summed E-state index contributed by atoms with van der Waals surface area (Å²) in [6, 6.07) is 19.8. The molecule has 1 fully saturated rings. The lowest BCUT2D eigenvalue weighted by Gasteiger charge is -2.19. The first-order valence-electron chi connectivity index (χ1n) is 8.78. The molecule has 0 unspecified atom stereocenters. The lowest BCUT2D eigenvalue weighted by atomic mass is 10.1. The minimum absolute atomic E-state index is 0.0601. The first-order chi connectivity index (χ1) is 12.8. The Kier molecular flexibility index (Phi) is 6.91. The second-order valence-electron chi connectivity index (χ2n) is 6.37. The maximum Gasteiger partial charge on any atom is 0.193 e. The molecule has 0 aliphatic heterocycles. The number of rotatable bonds is 9. The van der Waals surface area contributed by atoms with Gasteiger partial charge in [0.25, 0.3) is 0 Å². The molecule has 0 aromatic heterocycles. The summed E-state index contributed by atoms with van der Waals surface area (Å²) in [5.74, 6) is -0.147. The number of Topliss-reactive ketones (excluding diaryl/α,β-unsaturated/α-hetero) is 1. The van der Waals surface area contributed by atoms with Crippen LogP contribution in [0.25, 0.3) is 0 Å². The van der Waals surface area contributed by atoms with Crippen molar-refractivity contribution < 1.29 is 24.0 Å². The number of ketones is 1. The van der Waals surface area contributed by atoms with E-state index in [2.05, 4.69) is 0 Å². The maximum absolute atomic E-state index is 12.6. The van der Waals surface area contributed by atoms with Crippen molar-refractivity contribution in [3.8, 4) is 0 Å². The quantitative estimate of drug-likeness (QED) is 0.510. The molecule has 5 nitrogen and oxygen atoms in total. The summed E-state index contributed by atoms with van der Waals surface area (Å²) >= 11 is 0. The van der Waals surface area contributed by atoms with Gasteiger partial charge in [-0.1, -0.05) is 60.7 Å². The van der Waals surface area contributed by atoms with Gasteiger partial charge < -0.3 is 9.47 Å². The zero-order valence-corrected chi connectivity index (χ0v) is 14.9. The minimum Gasteiger partial charge on any atom is -0.376 e. The summed E-state index contributed by atoms with van der Waals surface area (Å²) in [5.41, 5.74) is 2.13. The van der Waals surface area contributed by atoms with Gasteiger partial charge >= 0.3 is 0 Å². The molecule has 1 aliphatic rings. The predicted molar refractivity (Wildman–Crippen MR) is 96.1 cm³/mol. The molecule has 2 aromatic rings. The molecule has 3 rings (SSSR count). The molecule has 0 N–H and O–H groups in total. The van der Waals surface area contributed by atoms with Crippen LogP contribution in [0.1, 0.15) is 17.5 Å². The van der Waals surface area contributed by atoms with Gasteiger partial charge in [0.2, 0.25) is 0 Å². The third-order valence-corrected chi connectivity index (χ3v) is 4.47. The third-order valence-electron chi connectivity index (χ3n) is 4.47. The first kappa shape index (κ1) is 18.7. The number of hydrogen-bond acceptors (Lipinski definition) is 5. The Hall–Kier alpha value is -2.05. The highest BCUT2D eigenvalue weighted by Gasteiger charge is 2.44. The molecule has 2 aromatic carbocycles. The van der Waals surface area contributed by atoms with Gasteiger partial charge in [-0.05, 0) is 17.5 Å². The summed E-state index contributed by atoms with van der Waals surface area (Å²) in [6.07, 6.45) is -0.627. The van der Waals surface area contributed by atoms with E-state index in [9.17, 15) is 4.79 Å². The Labute approximate surface area is 153 Å². The summed E-state index contributed by atoms with van der Waals surface area (Å²) < 4.78 is 11.8. The van der Waals surface area contributed by atoms with Gasteiger partial charge in [0.15, 0.2) is 11.9 Å². The first-order valence-corrected chi connectivity index (χ1v) is 8.78. The topological polar surface area (TPSA) is 54.0 Å². The average Bonchev–Trinajstić information content (AvgIpc) is 2.97. The Balaban J connectivity index is 1.57. The average molecular weight is 356 g/mol. The van der Waals surface area contributed by atoms with E-state index in [1.54, 1.807) is 0 Å². The van der Waals surface area contributed by atoms with Crippen molar-refractivity contribution in [1.29, 1.82) is 0 Å². The van der Waals surface area contributed by atoms with Crippen LogP contribution >= 0.6 is 0 Å². The van der Waals surface area contributed by atoms with Crippen molar-refractivity contribution in [3.63, 3.8) is 0 Å². The van der Waals surface area contributed by atoms with Crippen LogP contribution in [0.15, 0.2) is 60.7 Å². The molecule has 138 valence electrons. The lowest BCUT2D eigenvalue weighted by Crippen LogP contribution is -2.31. The fourth-order valence-corrected chi connectivity index (χ4v) is 3.17. The van der Waals surface area contributed by atoms with Crippen molar-refractivity contribution >= 4 is 5.78 Å².